The fourth-order valence-corrected chi connectivity index (χ4v) is 5.02. The minimum absolute atomic E-state index is 0.789. The monoisotopic (exact) mass is 414 g/mol. The zero-order valence-corrected chi connectivity index (χ0v) is 19.0. The Morgan fingerprint density at radius 1 is 1.07 bits per heavy atom. The summed E-state index contributed by atoms with van der Waals surface area (Å²) in [7, 11) is 2.01. The van der Waals surface area contributed by atoms with E-state index >= 15 is 0 Å². The van der Waals surface area contributed by atoms with E-state index in [0.29, 0.717) is 0 Å². The van der Waals surface area contributed by atoms with E-state index in [4.69, 9.17) is 5.26 Å². The van der Waals surface area contributed by atoms with Gasteiger partial charge >= 0.3 is 0 Å². The average Bonchev–Trinajstić information content (AvgIpc) is 3.27. The number of nitriles is 1. The molecule has 30 heavy (non-hydrogen) atoms. The molecule has 0 N–H and O–H groups in total. The molecule has 5 heteroatoms. The molecule has 1 saturated carbocycles. The van der Waals surface area contributed by atoms with Crippen molar-refractivity contribution in [2.24, 2.45) is 7.05 Å². The second-order valence-electron chi connectivity index (χ2n) is 8.09. The minimum atomic E-state index is 0.789. The third-order valence-corrected chi connectivity index (χ3v) is 6.48. The van der Waals surface area contributed by atoms with E-state index in [1.165, 1.54) is 46.4 Å². The summed E-state index contributed by atoms with van der Waals surface area (Å²) in [6, 6.07) is 10.8. The quantitative estimate of drug-likeness (QED) is 0.383. The highest BCUT2D eigenvalue weighted by Gasteiger charge is 2.27. The molecule has 1 aliphatic rings. The van der Waals surface area contributed by atoms with Crippen molar-refractivity contribution in [3.63, 3.8) is 0 Å². The van der Waals surface area contributed by atoms with E-state index < -0.39 is 0 Å². The molecule has 152 valence electrons. The van der Waals surface area contributed by atoms with Crippen LogP contribution in [0.5, 0.6) is 0 Å². The second-order valence-corrected chi connectivity index (χ2v) is 9.01. The largest absolute Gasteiger partial charge is 0.348 e. The molecular weight excluding hydrogens is 388 g/mol. The lowest BCUT2D eigenvalue weighted by atomic mass is 9.93. The third kappa shape index (κ3) is 3.88. The fraction of sp³-hybridized carbons (Fsp3) is 0.320. The third-order valence-electron chi connectivity index (χ3n) is 5.66. The van der Waals surface area contributed by atoms with E-state index in [0.717, 1.165) is 38.9 Å². The number of aryl methyl sites for hydroxylation is 5. The van der Waals surface area contributed by atoms with E-state index in [-0.39, 0.29) is 0 Å². The molecule has 0 spiro atoms. The molecule has 1 fully saturated rings. The highest BCUT2D eigenvalue weighted by atomic mass is 32.1. The van der Waals surface area contributed by atoms with Crippen LogP contribution < -0.4 is 0 Å². The summed E-state index contributed by atoms with van der Waals surface area (Å²) < 4.78 is 2.05. The maximum atomic E-state index is 9.12. The van der Waals surface area contributed by atoms with Gasteiger partial charge in [-0.15, -0.1) is 11.3 Å². The van der Waals surface area contributed by atoms with Gasteiger partial charge < -0.3 is 4.57 Å². The van der Waals surface area contributed by atoms with Crippen LogP contribution in [0.4, 0.5) is 0 Å². The van der Waals surface area contributed by atoms with Crippen molar-refractivity contribution in [1.29, 1.82) is 5.26 Å². The molecule has 0 amide bonds. The number of fused-ring (bicyclic) bond motifs is 1. The first-order valence-corrected chi connectivity index (χ1v) is 11.1. The summed E-state index contributed by atoms with van der Waals surface area (Å²) in [5.41, 5.74) is 9.76. The van der Waals surface area contributed by atoms with Gasteiger partial charge in [0.05, 0.1) is 16.7 Å². The van der Waals surface area contributed by atoms with E-state index in [2.05, 4.69) is 42.0 Å². The Morgan fingerprint density at radius 2 is 1.77 bits per heavy atom. The first kappa shape index (κ1) is 20.3. The number of hydrogen-bond donors (Lipinski definition) is 0. The zero-order valence-electron chi connectivity index (χ0n) is 18.2. The van der Waals surface area contributed by atoms with Crippen LogP contribution in [-0.4, -0.2) is 14.5 Å². The Bertz CT molecular complexity index is 1250. The smallest absolute Gasteiger partial charge is 0.126 e. The van der Waals surface area contributed by atoms with Gasteiger partial charge in [0.25, 0.3) is 0 Å². The Hall–Kier alpha value is -2.97. The molecular formula is C25H26N4S. The minimum Gasteiger partial charge on any atom is -0.348 e. The SMILES string of the molecule is Cc1cc(-c2ccsc2C#N)cc(C)c1C1CC1.Cc1nc(C)c2c(ccn2C)n1. The first-order chi connectivity index (χ1) is 14.4. The van der Waals surface area contributed by atoms with Crippen molar-refractivity contribution >= 4 is 22.4 Å². The summed E-state index contributed by atoms with van der Waals surface area (Å²) in [5, 5.41) is 11.1. The van der Waals surface area contributed by atoms with Gasteiger partial charge in [-0.05, 0) is 86.2 Å². The Morgan fingerprint density at radius 3 is 2.40 bits per heavy atom. The maximum absolute atomic E-state index is 9.12. The van der Waals surface area contributed by atoms with Gasteiger partial charge in [0.2, 0.25) is 0 Å². The highest BCUT2D eigenvalue weighted by Crippen LogP contribution is 2.44. The highest BCUT2D eigenvalue weighted by molar-refractivity contribution is 7.11. The van der Waals surface area contributed by atoms with Crippen LogP contribution in [0.3, 0.4) is 0 Å². The van der Waals surface area contributed by atoms with Gasteiger partial charge in [-0.1, -0.05) is 12.1 Å². The summed E-state index contributed by atoms with van der Waals surface area (Å²) >= 11 is 1.52. The van der Waals surface area contributed by atoms with Crippen molar-refractivity contribution in [1.82, 2.24) is 14.5 Å². The lowest BCUT2D eigenvalue weighted by Crippen LogP contribution is -1.95. The summed E-state index contributed by atoms with van der Waals surface area (Å²) in [5.74, 6) is 1.63. The Balaban J connectivity index is 0.000000158. The predicted octanol–water partition coefficient (Wildman–Crippen LogP) is 6.37. The molecule has 5 rings (SSSR count). The van der Waals surface area contributed by atoms with Crippen LogP contribution in [-0.2, 0) is 7.05 Å². The number of aromatic nitrogens is 3. The number of nitrogens with zero attached hydrogens (tertiary/aromatic N) is 4. The summed E-state index contributed by atoms with van der Waals surface area (Å²) in [6.07, 6.45) is 4.68. The van der Waals surface area contributed by atoms with Gasteiger partial charge in [0.1, 0.15) is 16.8 Å². The molecule has 1 aromatic carbocycles. The number of hydrogen-bond acceptors (Lipinski definition) is 4. The van der Waals surface area contributed by atoms with Gasteiger partial charge in [-0.2, -0.15) is 5.26 Å². The van der Waals surface area contributed by atoms with Crippen molar-refractivity contribution in [2.75, 3.05) is 0 Å². The van der Waals surface area contributed by atoms with Crippen LogP contribution in [0.25, 0.3) is 22.2 Å². The topological polar surface area (TPSA) is 54.5 Å². The first-order valence-electron chi connectivity index (χ1n) is 10.2. The molecule has 0 bridgehead atoms. The molecule has 3 aromatic heterocycles. The molecule has 0 saturated heterocycles. The van der Waals surface area contributed by atoms with Gasteiger partial charge in [-0.25, -0.2) is 9.97 Å². The van der Waals surface area contributed by atoms with Crippen molar-refractivity contribution < 1.29 is 0 Å². The molecule has 0 radical (unpaired) electrons. The van der Waals surface area contributed by atoms with Crippen molar-refractivity contribution in [3.05, 3.63) is 68.9 Å². The number of thiophene rings is 1. The van der Waals surface area contributed by atoms with Crippen LogP contribution in [0.15, 0.2) is 35.8 Å². The van der Waals surface area contributed by atoms with Crippen molar-refractivity contribution in [3.8, 4) is 17.2 Å². The fourth-order valence-electron chi connectivity index (χ4n) is 4.31. The van der Waals surface area contributed by atoms with Gasteiger partial charge in [0.15, 0.2) is 0 Å². The second kappa shape index (κ2) is 8.04. The molecule has 3 heterocycles. The lowest BCUT2D eigenvalue weighted by molar-refractivity contribution is 0.943. The summed E-state index contributed by atoms with van der Waals surface area (Å²) in [6.45, 7) is 8.32. The number of rotatable bonds is 2. The van der Waals surface area contributed by atoms with Crippen LogP contribution >= 0.6 is 11.3 Å². The Labute approximate surface area is 181 Å². The Kier molecular flexibility index (Phi) is 5.44. The van der Waals surface area contributed by atoms with E-state index in [1.54, 1.807) is 0 Å². The average molecular weight is 415 g/mol. The molecule has 0 atom stereocenters. The van der Waals surface area contributed by atoms with Crippen LogP contribution in [0.2, 0.25) is 0 Å². The molecule has 0 unspecified atom stereocenters. The van der Waals surface area contributed by atoms with Gasteiger partial charge in [-0.3, -0.25) is 0 Å². The predicted molar refractivity (Wildman–Crippen MR) is 124 cm³/mol. The lowest BCUT2D eigenvalue weighted by Gasteiger charge is -2.11. The van der Waals surface area contributed by atoms with E-state index in [1.807, 2.05) is 49.2 Å². The molecule has 4 nitrogen and oxygen atoms in total. The molecule has 1 aliphatic carbocycles. The maximum Gasteiger partial charge on any atom is 0.126 e. The zero-order chi connectivity index (χ0) is 21.4. The standard InChI is InChI=1S/C16H15NS.C9H11N3/c1-10-7-13(14-5-6-18-15(14)9-17)8-11(2)16(10)12-3-4-12;1-6-9-8(4-5-12(9)3)11-7(2)10-6/h5-8,12H,3-4H2,1-2H3;4-5H,1-3H3. The van der Waals surface area contributed by atoms with Crippen LogP contribution in [0, 0.1) is 39.0 Å². The normalized spacial score (nSPS) is 13.1. The molecule has 0 aliphatic heterocycles. The van der Waals surface area contributed by atoms with E-state index in [9.17, 15) is 0 Å². The number of benzene rings is 1. The summed E-state index contributed by atoms with van der Waals surface area (Å²) in [4.78, 5) is 9.44. The van der Waals surface area contributed by atoms with Gasteiger partial charge in [0, 0.05) is 18.8 Å². The van der Waals surface area contributed by atoms with Crippen molar-refractivity contribution in [2.45, 2.75) is 46.5 Å². The molecule has 4 aromatic rings. The van der Waals surface area contributed by atoms with Crippen LogP contribution in [0.1, 0.15) is 51.8 Å².